The van der Waals surface area contributed by atoms with Crippen LogP contribution in [0.3, 0.4) is 0 Å². The summed E-state index contributed by atoms with van der Waals surface area (Å²) in [5.74, 6) is 0.433. The molecule has 9 nitrogen and oxygen atoms in total. The van der Waals surface area contributed by atoms with Crippen molar-refractivity contribution in [2.24, 2.45) is 0 Å². The first kappa shape index (κ1) is 23.8. The molecule has 0 saturated heterocycles. The molecule has 1 aromatic carbocycles. The SMILES string of the molecule is Cc1nc(-c2onc(C)c2CNC(=O)OCc2ccccc2)ccc1NC(=O)OC(C)(C)C. The zero-order valence-corrected chi connectivity index (χ0v) is 19.4. The lowest BCUT2D eigenvalue weighted by Gasteiger charge is -2.20. The number of alkyl carbamates (subject to hydrolysis) is 1. The Hall–Kier alpha value is -3.88. The Morgan fingerprint density at radius 1 is 1.00 bits per heavy atom. The Balaban J connectivity index is 1.65. The second-order valence-corrected chi connectivity index (χ2v) is 8.45. The van der Waals surface area contributed by atoms with Crippen LogP contribution in [0.4, 0.5) is 15.3 Å². The van der Waals surface area contributed by atoms with Gasteiger partial charge in [0, 0.05) is 5.56 Å². The third-order valence-corrected chi connectivity index (χ3v) is 4.56. The molecule has 2 heterocycles. The molecule has 9 heteroatoms. The van der Waals surface area contributed by atoms with Crippen LogP contribution in [-0.2, 0) is 22.6 Å². The Morgan fingerprint density at radius 2 is 1.73 bits per heavy atom. The normalized spacial score (nSPS) is 11.1. The number of nitrogens with zero attached hydrogens (tertiary/aromatic N) is 2. The summed E-state index contributed by atoms with van der Waals surface area (Å²) >= 11 is 0. The Morgan fingerprint density at radius 3 is 2.39 bits per heavy atom. The Kier molecular flexibility index (Phi) is 7.32. The van der Waals surface area contributed by atoms with Crippen LogP contribution in [0.1, 0.15) is 43.3 Å². The number of pyridine rings is 1. The van der Waals surface area contributed by atoms with Crippen molar-refractivity contribution in [3.63, 3.8) is 0 Å². The van der Waals surface area contributed by atoms with Crippen molar-refractivity contribution < 1.29 is 23.6 Å². The van der Waals surface area contributed by atoms with Gasteiger partial charge in [-0.3, -0.25) is 5.32 Å². The molecule has 2 amide bonds. The highest BCUT2D eigenvalue weighted by atomic mass is 16.6. The number of hydrogen-bond acceptors (Lipinski definition) is 7. The number of ether oxygens (including phenoxy) is 2. The summed E-state index contributed by atoms with van der Waals surface area (Å²) in [5, 5.41) is 9.42. The fourth-order valence-corrected chi connectivity index (χ4v) is 2.97. The lowest BCUT2D eigenvalue weighted by Crippen LogP contribution is -2.27. The maximum Gasteiger partial charge on any atom is 0.412 e. The molecule has 2 aromatic heterocycles. The van der Waals surface area contributed by atoms with E-state index in [2.05, 4.69) is 20.8 Å². The summed E-state index contributed by atoms with van der Waals surface area (Å²) < 4.78 is 16.0. The fraction of sp³-hybridized carbons (Fsp3) is 0.333. The van der Waals surface area contributed by atoms with Crippen molar-refractivity contribution >= 4 is 17.9 Å². The minimum Gasteiger partial charge on any atom is -0.445 e. The van der Waals surface area contributed by atoms with Crippen molar-refractivity contribution in [2.75, 3.05) is 5.32 Å². The minimum atomic E-state index is -0.604. The van der Waals surface area contributed by atoms with Gasteiger partial charge in [0.1, 0.15) is 17.9 Å². The summed E-state index contributed by atoms with van der Waals surface area (Å²) in [7, 11) is 0. The summed E-state index contributed by atoms with van der Waals surface area (Å²) in [6, 6.07) is 12.8. The van der Waals surface area contributed by atoms with E-state index < -0.39 is 17.8 Å². The van der Waals surface area contributed by atoms with Crippen LogP contribution in [0.2, 0.25) is 0 Å². The van der Waals surface area contributed by atoms with Gasteiger partial charge in [0.25, 0.3) is 0 Å². The summed E-state index contributed by atoms with van der Waals surface area (Å²) in [6.45, 7) is 9.26. The highest BCUT2D eigenvalue weighted by molar-refractivity contribution is 5.85. The second-order valence-electron chi connectivity index (χ2n) is 8.45. The van der Waals surface area contributed by atoms with E-state index in [-0.39, 0.29) is 13.2 Å². The number of nitrogens with one attached hydrogen (secondary N) is 2. The van der Waals surface area contributed by atoms with Crippen LogP contribution < -0.4 is 10.6 Å². The molecule has 2 N–H and O–H groups in total. The summed E-state index contributed by atoms with van der Waals surface area (Å²) in [6.07, 6.45) is -1.11. The van der Waals surface area contributed by atoms with E-state index in [1.807, 2.05) is 30.3 Å². The number of hydrogen-bond donors (Lipinski definition) is 2. The molecule has 0 saturated carbocycles. The number of amides is 2. The molecule has 3 rings (SSSR count). The first-order chi connectivity index (χ1) is 15.6. The predicted molar refractivity (Wildman–Crippen MR) is 123 cm³/mol. The average Bonchev–Trinajstić information content (AvgIpc) is 3.12. The predicted octanol–water partition coefficient (Wildman–Crippen LogP) is 5.13. The largest absolute Gasteiger partial charge is 0.445 e. The van der Waals surface area contributed by atoms with Gasteiger partial charge in [-0.1, -0.05) is 35.5 Å². The molecule has 33 heavy (non-hydrogen) atoms. The van der Waals surface area contributed by atoms with E-state index in [0.29, 0.717) is 34.1 Å². The van der Waals surface area contributed by atoms with Crippen molar-refractivity contribution in [3.05, 3.63) is 65.0 Å². The maximum atomic E-state index is 12.1. The van der Waals surface area contributed by atoms with Crippen LogP contribution in [0.25, 0.3) is 11.5 Å². The van der Waals surface area contributed by atoms with Crippen LogP contribution in [0, 0.1) is 13.8 Å². The lowest BCUT2D eigenvalue weighted by molar-refractivity contribution is 0.0635. The minimum absolute atomic E-state index is 0.164. The molecule has 0 aliphatic rings. The van der Waals surface area contributed by atoms with Gasteiger partial charge in [-0.05, 0) is 52.3 Å². The van der Waals surface area contributed by atoms with E-state index in [4.69, 9.17) is 14.0 Å². The van der Waals surface area contributed by atoms with Gasteiger partial charge in [-0.15, -0.1) is 0 Å². The number of rotatable bonds is 6. The van der Waals surface area contributed by atoms with Gasteiger partial charge in [0.2, 0.25) is 0 Å². The van der Waals surface area contributed by atoms with E-state index in [1.165, 1.54) is 0 Å². The third-order valence-electron chi connectivity index (χ3n) is 4.56. The second kappa shape index (κ2) is 10.2. The molecule has 0 unspecified atom stereocenters. The molecule has 3 aromatic rings. The number of anilines is 1. The topological polar surface area (TPSA) is 116 Å². The van der Waals surface area contributed by atoms with Gasteiger partial charge in [-0.25, -0.2) is 14.6 Å². The lowest BCUT2D eigenvalue weighted by atomic mass is 10.1. The Labute approximate surface area is 192 Å². The van der Waals surface area contributed by atoms with Crippen molar-refractivity contribution in [2.45, 2.75) is 53.4 Å². The molecular formula is C24H28N4O5. The monoisotopic (exact) mass is 452 g/mol. The molecule has 0 spiro atoms. The first-order valence-corrected chi connectivity index (χ1v) is 10.5. The van der Waals surface area contributed by atoms with E-state index in [0.717, 1.165) is 5.56 Å². The van der Waals surface area contributed by atoms with Crippen LogP contribution >= 0.6 is 0 Å². The summed E-state index contributed by atoms with van der Waals surface area (Å²) in [5.41, 5.74) is 3.23. The number of aromatic nitrogens is 2. The quantitative estimate of drug-likeness (QED) is 0.533. The standard InChI is InChI=1S/C24H28N4O5/c1-15-18(13-25-22(29)31-14-17-9-7-6-8-10-17)21(33-28-15)20-12-11-19(16(2)26-20)27-23(30)32-24(3,4)5/h6-12H,13-14H2,1-5H3,(H,25,29)(H,27,30). The van der Waals surface area contributed by atoms with Crippen LogP contribution in [0.5, 0.6) is 0 Å². The molecule has 0 fully saturated rings. The smallest absolute Gasteiger partial charge is 0.412 e. The molecule has 0 aliphatic heterocycles. The van der Waals surface area contributed by atoms with Crippen molar-refractivity contribution in [1.29, 1.82) is 0 Å². The molecule has 0 bridgehead atoms. The highest BCUT2D eigenvalue weighted by Crippen LogP contribution is 2.27. The maximum absolute atomic E-state index is 12.1. The van der Waals surface area contributed by atoms with Gasteiger partial charge < -0.3 is 19.3 Å². The van der Waals surface area contributed by atoms with Crippen LogP contribution in [0.15, 0.2) is 47.0 Å². The van der Waals surface area contributed by atoms with Crippen LogP contribution in [-0.4, -0.2) is 27.9 Å². The molecule has 0 aliphatic carbocycles. The number of carbonyl (C=O) groups excluding carboxylic acids is 2. The fourth-order valence-electron chi connectivity index (χ4n) is 2.97. The zero-order valence-electron chi connectivity index (χ0n) is 19.4. The van der Waals surface area contributed by atoms with Gasteiger partial charge in [0.15, 0.2) is 5.76 Å². The number of aryl methyl sites for hydroxylation is 2. The molecule has 0 radical (unpaired) electrons. The molecule has 0 atom stereocenters. The Bertz CT molecular complexity index is 1120. The van der Waals surface area contributed by atoms with Gasteiger partial charge in [0.05, 0.1) is 23.6 Å². The third kappa shape index (κ3) is 6.80. The summed E-state index contributed by atoms with van der Waals surface area (Å²) in [4.78, 5) is 28.7. The number of benzene rings is 1. The van der Waals surface area contributed by atoms with E-state index in [9.17, 15) is 9.59 Å². The van der Waals surface area contributed by atoms with Crippen molar-refractivity contribution in [3.8, 4) is 11.5 Å². The number of carbonyl (C=O) groups is 2. The molecular weight excluding hydrogens is 424 g/mol. The van der Waals surface area contributed by atoms with E-state index in [1.54, 1.807) is 46.8 Å². The van der Waals surface area contributed by atoms with Crippen molar-refractivity contribution in [1.82, 2.24) is 15.5 Å². The van der Waals surface area contributed by atoms with Gasteiger partial charge in [-0.2, -0.15) is 0 Å². The zero-order chi connectivity index (χ0) is 24.0. The highest BCUT2D eigenvalue weighted by Gasteiger charge is 2.20. The average molecular weight is 453 g/mol. The first-order valence-electron chi connectivity index (χ1n) is 10.5. The molecule has 174 valence electrons. The van der Waals surface area contributed by atoms with E-state index >= 15 is 0 Å². The van der Waals surface area contributed by atoms with Gasteiger partial charge >= 0.3 is 12.2 Å².